The zero-order valence-corrected chi connectivity index (χ0v) is 38.5. The number of hydrogen-bond acceptors (Lipinski definition) is 10. The molecule has 2 N–H and O–H groups in total. The van der Waals surface area contributed by atoms with Gasteiger partial charge in [-0.25, -0.2) is 46.3 Å². The molecule has 2 aliphatic heterocycles. The van der Waals surface area contributed by atoms with Gasteiger partial charge in [0.05, 0.1) is 11.8 Å². The average Bonchev–Trinajstić information content (AvgIpc) is 4.05. The zero-order valence-electron chi connectivity index (χ0n) is 36.9. The fourth-order valence-corrected chi connectivity index (χ4v) is 13.1. The lowest BCUT2D eigenvalue weighted by Crippen LogP contribution is -2.49. The average molecular weight is 975 g/mol. The highest BCUT2D eigenvalue weighted by molar-refractivity contribution is 7.21. The van der Waals surface area contributed by atoms with E-state index in [1.54, 1.807) is 12.1 Å². The van der Waals surface area contributed by atoms with Crippen LogP contribution in [0.15, 0.2) is 60.7 Å². The van der Waals surface area contributed by atoms with E-state index in [1.165, 1.54) is 34.8 Å². The normalized spacial score (nSPS) is 23.8. The molecule has 356 valence electrons. The Kier molecular flexibility index (Phi) is 11.2. The molecule has 0 bridgehead atoms. The van der Waals surface area contributed by atoms with Crippen molar-refractivity contribution in [2.24, 2.45) is 23.7 Å². The summed E-state index contributed by atoms with van der Waals surface area (Å²) in [6.07, 6.45) is 4.41. The number of nitrogens with zero attached hydrogens (tertiary/aromatic N) is 6. The maximum Gasteiger partial charge on any atom is 0.309 e. The van der Waals surface area contributed by atoms with Crippen LogP contribution in [-0.4, -0.2) is 89.9 Å². The highest BCUT2D eigenvalue weighted by Gasteiger charge is 2.58. The molecule has 0 unspecified atom stereocenters. The first-order chi connectivity index (χ1) is 32.4. The molecule has 4 saturated carbocycles. The molecule has 6 fully saturated rings. The van der Waals surface area contributed by atoms with Crippen LogP contribution >= 0.6 is 22.7 Å². The van der Waals surface area contributed by atoms with Crippen LogP contribution in [0.3, 0.4) is 0 Å². The second-order valence-corrected chi connectivity index (χ2v) is 22.0. The molecule has 4 aliphatic carbocycles. The summed E-state index contributed by atoms with van der Waals surface area (Å²) >= 11 is 2.64. The molecule has 0 amide bonds. The third-order valence-corrected chi connectivity index (χ3v) is 17.4. The number of benzene rings is 2. The van der Waals surface area contributed by atoms with Crippen molar-refractivity contribution in [1.82, 2.24) is 29.7 Å². The summed E-state index contributed by atoms with van der Waals surface area (Å²) in [6, 6.07) is 17.6. The number of carbonyl (C=O) groups is 2. The smallest absolute Gasteiger partial charge is 0.309 e. The van der Waals surface area contributed by atoms with Gasteiger partial charge in [-0.05, 0) is 110 Å². The minimum absolute atomic E-state index is 0.0398. The molecule has 6 heterocycles. The van der Waals surface area contributed by atoms with Crippen molar-refractivity contribution in [1.29, 1.82) is 0 Å². The molecule has 6 aromatic rings. The summed E-state index contributed by atoms with van der Waals surface area (Å²) in [6.45, 7) is 2.92. The predicted molar refractivity (Wildman–Crippen MR) is 245 cm³/mol. The highest BCUT2D eigenvalue weighted by atomic mass is 32.1. The number of carboxylic acids is 2. The van der Waals surface area contributed by atoms with E-state index in [1.807, 2.05) is 46.2 Å². The summed E-state index contributed by atoms with van der Waals surface area (Å²) in [5, 5.41) is 19.1. The van der Waals surface area contributed by atoms with Gasteiger partial charge in [0.15, 0.2) is 0 Å². The predicted octanol–water partition coefficient (Wildman–Crippen LogP) is 11.0. The number of aromatic nitrogens is 4. The van der Waals surface area contributed by atoms with Gasteiger partial charge in [-0.3, -0.25) is 19.4 Å². The summed E-state index contributed by atoms with van der Waals surface area (Å²) < 4.78 is 85.2. The number of thiazole rings is 2. The van der Waals surface area contributed by atoms with Gasteiger partial charge in [-0.2, -0.15) is 0 Å². The molecule has 0 spiro atoms. The van der Waals surface area contributed by atoms with Crippen molar-refractivity contribution in [3.8, 4) is 21.1 Å². The van der Waals surface area contributed by atoms with E-state index < -0.39 is 23.8 Å². The first kappa shape index (κ1) is 45.4. The quantitative estimate of drug-likeness (QED) is 0.114. The number of aliphatic carboxylic acids is 2. The molecule has 4 aromatic heterocycles. The van der Waals surface area contributed by atoms with E-state index in [0.717, 1.165) is 48.2 Å². The molecular weight excluding hydrogens is 927 g/mol. The van der Waals surface area contributed by atoms with Crippen molar-refractivity contribution in [3.63, 3.8) is 0 Å². The second-order valence-electron chi connectivity index (χ2n) is 20.1. The molecule has 2 atom stereocenters. The number of rotatable bonds is 12. The van der Waals surface area contributed by atoms with Crippen LogP contribution in [0.4, 0.5) is 26.3 Å². The SMILES string of the molecule is O=C(O)C1CN(Cc2ccc(-c3nc4ccc(C5([C@@H]6CCC(F)(F)C6)CC5)nc4s3)c(F)c2)C1.O=C(O)C1CN(Cc2ccc(-c3nc4ccc(C5([C@H]6CCC(F)(F)C6)CC5)nc4s3)c(F)c2)C1. The minimum Gasteiger partial charge on any atom is -0.481 e. The Balaban J connectivity index is 0.000000149. The molecule has 2 aromatic carbocycles. The van der Waals surface area contributed by atoms with Crippen molar-refractivity contribution < 1.29 is 46.1 Å². The third-order valence-electron chi connectivity index (χ3n) is 15.4. The topological polar surface area (TPSA) is 133 Å². The van der Waals surface area contributed by atoms with Gasteiger partial charge >= 0.3 is 11.9 Å². The largest absolute Gasteiger partial charge is 0.481 e. The van der Waals surface area contributed by atoms with E-state index in [9.17, 15) is 35.9 Å². The summed E-state index contributed by atoms with van der Waals surface area (Å²) in [5.41, 5.74) is 4.97. The number of alkyl halides is 4. The van der Waals surface area contributed by atoms with E-state index in [2.05, 4.69) is 9.97 Å². The maximum absolute atomic E-state index is 15.0. The van der Waals surface area contributed by atoms with Gasteiger partial charge in [0.1, 0.15) is 42.3 Å². The van der Waals surface area contributed by atoms with Crippen LogP contribution in [0.1, 0.15) is 86.7 Å². The van der Waals surface area contributed by atoms with Crippen molar-refractivity contribution in [3.05, 3.63) is 94.8 Å². The van der Waals surface area contributed by atoms with Crippen LogP contribution in [0.5, 0.6) is 0 Å². The van der Waals surface area contributed by atoms with Gasteiger partial charge in [0.2, 0.25) is 11.8 Å². The Morgan fingerprint density at radius 2 is 0.971 bits per heavy atom. The van der Waals surface area contributed by atoms with Gasteiger partial charge < -0.3 is 10.2 Å². The second kappa shape index (κ2) is 16.8. The van der Waals surface area contributed by atoms with Gasteiger partial charge in [0.25, 0.3) is 0 Å². The fourth-order valence-electron chi connectivity index (χ4n) is 11.2. The highest BCUT2D eigenvalue weighted by Crippen LogP contribution is 2.62. The molecule has 12 rings (SSSR count). The van der Waals surface area contributed by atoms with Crippen LogP contribution in [0.25, 0.3) is 41.8 Å². The molecule has 68 heavy (non-hydrogen) atoms. The van der Waals surface area contributed by atoms with Crippen LogP contribution < -0.4 is 0 Å². The number of halogens is 6. The Morgan fingerprint density at radius 3 is 1.29 bits per heavy atom. The molecule has 18 heteroatoms. The number of carboxylic acid groups (broad SMARTS) is 2. The Hall–Kier alpha value is -5.04. The number of hydrogen-bond donors (Lipinski definition) is 2. The van der Waals surface area contributed by atoms with Crippen molar-refractivity contribution in [2.75, 3.05) is 26.2 Å². The zero-order chi connectivity index (χ0) is 47.3. The maximum atomic E-state index is 15.0. The van der Waals surface area contributed by atoms with Crippen LogP contribution in [0.2, 0.25) is 0 Å². The summed E-state index contributed by atoms with van der Waals surface area (Å²) in [7, 11) is 0. The summed E-state index contributed by atoms with van der Waals surface area (Å²) in [5.74, 6) is -8.24. The molecule has 10 nitrogen and oxygen atoms in total. The molecule has 6 aliphatic rings. The Bertz CT molecular complexity index is 2760. The molecule has 2 saturated heterocycles. The lowest BCUT2D eigenvalue weighted by molar-refractivity contribution is -0.148. The van der Waals surface area contributed by atoms with E-state index in [0.29, 0.717) is 93.9 Å². The first-order valence-corrected chi connectivity index (χ1v) is 24.9. The lowest BCUT2D eigenvalue weighted by atomic mass is 9.84. The van der Waals surface area contributed by atoms with Crippen molar-refractivity contribution in [2.45, 2.75) is 100.0 Å². The number of fused-ring (bicyclic) bond motifs is 2. The molecule has 0 radical (unpaired) electrons. The van der Waals surface area contributed by atoms with E-state index in [-0.39, 0.29) is 71.8 Å². The van der Waals surface area contributed by atoms with E-state index in [4.69, 9.17) is 20.2 Å². The van der Waals surface area contributed by atoms with Crippen LogP contribution in [-0.2, 0) is 33.5 Å². The standard InChI is InChI=1S/2C25H24F3N3O2S/c2*26-18-9-14(11-31-12-15(13-31)23(32)33)1-2-17(18)21-29-19-3-4-20(30-22(19)34-21)24(7-8-24)16-5-6-25(27,28)10-16/h2*1-4,9,15-16H,5-8,10-13H2,(H,32,33)/t2*16-/m10/s1. The van der Waals surface area contributed by atoms with E-state index >= 15 is 0 Å². The lowest BCUT2D eigenvalue weighted by Gasteiger charge is -2.36. The monoisotopic (exact) mass is 974 g/mol. The third kappa shape index (κ3) is 8.67. The fraction of sp³-hybridized carbons (Fsp3) is 0.480. The van der Waals surface area contributed by atoms with Crippen molar-refractivity contribution >= 4 is 55.3 Å². The van der Waals surface area contributed by atoms with Gasteiger partial charge in [-0.15, -0.1) is 0 Å². The molecular formula is C50H48F6N6O4S2. The Labute approximate surface area is 395 Å². The van der Waals surface area contributed by atoms with Crippen LogP contribution in [0, 0.1) is 35.3 Å². The first-order valence-electron chi connectivity index (χ1n) is 23.2. The van der Waals surface area contributed by atoms with Gasteiger partial charge in [0, 0.05) is 98.3 Å². The Morgan fingerprint density at radius 1 is 0.574 bits per heavy atom. The number of likely N-dealkylation sites (tertiary alicyclic amines) is 2. The van der Waals surface area contributed by atoms with Gasteiger partial charge in [-0.1, -0.05) is 34.8 Å². The number of pyridine rings is 2. The minimum atomic E-state index is -2.57. The summed E-state index contributed by atoms with van der Waals surface area (Å²) in [4.78, 5) is 46.0.